The van der Waals surface area contributed by atoms with Crippen molar-refractivity contribution >= 4 is 16.9 Å². The highest BCUT2D eigenvalue weighted by molar-refractivity contribution is 8.13. The monoisotopic (exact) mass is 370 g/mol. The first-order chi connectivity index (χ1) is 11.9. The van der Waals surface area contributed by atoms with Crippen LogP contribution in [0.15, 0.2) is 41.3 Å². The standard InChI is InChI=1S/C23H30O2S/c1-15(24)26-18-10-8-16(9-11-18)12-17-13-19(22(2,3)4)21(25)20(14-17)23(5,6)7/h8-11,13-14,25H,12H2,1-7H3. The second kappa shape index (κ2) is 7.48. The number of thioether (sulfide) groups is 1. The molecule has 0 bridgehead atoms. The fourth-order valence-electron chi connectivity index (χ4n) is 3.02. The number of phenols is 1. The molecule has 0 unspecified atom stereocenters. The Balaban J connectivity index is 2.41. The van der Waals surface area contributed by atoms with Crippen molar-refractivity contribution in [1.29, 1.82) is 0 Å². The Hall–Kier alpha value is -1.74. The molecule has 2 aromatic carbocycles. The van der Waals surface area contributed by atoms with Crippen LogP contribution in [-0.4, -0.2) is 10.2 Å². The van der Waals surface area contributed by atoms with E-state index >= 15 is 0 Å². The van der Waals surface area contributed by atoms with Crippen LogP contribution in [0.5, 0.6) is 5.75 Å². The van der Waals surface area contributed by atoms with E-state index in [2.05, 4.69) is 65.8 Å². The van der Waals surface area contributed by atoms with Crippen molar-refractivity contribution in [3.8, 4) is 5.75 Å². The molecule has 1 N–H and O–H groups in total. The van der Waals surface area contributed by atoms with E-state index < -0.39 is 0 Å². The molecule has 140 valence electrons. The van der Waals surface area contributed by atoms with Crippen molar-refractivity contribution < 1.29 is 9.90 Å². The van der Waals surface area contributed by atoms with Crippen LogP contribution >= 0.6 is 11.8 Å². The Bertz CT molecular complexity index is 755. The second-order valence-electron chi connectivity index (χ2n) is 8.95. The molecule has 0 heterocycles. The molecule has 26 heavy (non-hydrogen) atoms. The van der Waals surface area contributed by atoms with Crippen molar-refractivity contribution in [2.45, 2.75) is 70.6 Å². The maximum Gasteiger partial charge on any atom is 0.190 e. The third kappa shape index (κ3) is 5.14. The highest BCUT2D eigenvalue weighted by Gasteiger charge is 2.26. The Kier molecular flexibility index (Phi) is 5.92. The first kappa shape index (κ1) is 20.6. The van der Waals surface area contributed by atoms with Crippen molar-refractivity contribution in [2.75, 3.05) is 0 Å². The summed E-state index contributed by atoms with van der Waals surface area (Å²) >= 11 is 1.26. The Morgan fingerprint density at radius 3 is 1.73 bits per heavy atom. The lowest BCUT2D eigenvalue weighted by Crippen LogP contribution is -2.18. The average Bonchev–Trinajstić information content (AvgIpc) is 2.48. The molecular formula is C23H30O2S. The van der Waals surface area contributed by atoms with Crippen molar-refractivity contribution in [1.82, 2.24) is 0 Å². The van der Waals surface area contributed by atoms with Gasteiger partial charge in [-0.25, -0.2) is 0 Å². The van der Waals surface area contributed by atoms with Crippen LogP contribution in [0.4, 0.5) is 0 Å². The average molecular weight is 371 g/mol. The molecule has 0 amide bonds. The largest absolute Gasteiger partial charge is 0.507 e. The third-order valence-electron chi connectivity index (χ3n) is 4.38. The van der Waals surface area contributed by atoms with Gasteiger partial charge in [-0.1, -0.05) is 77.6 Å². The zero-order valence-corrected chi connectivity index (χ0v) is 17.8. The van der Waals surface area contributed by atoms with Gasteiger partial charge >= 0.3 is 0 Å². The van der Waals surface area contributed by atoms with Gasteiger partial charge in [0.15, 0.2) is 5.12 Å². The van der Waals surface area contributed by atoms with Crippen LogP contribution in [0.25, 0.3) is 0 Å². The summed E-state index contributed by atoms with van der Waals surface area (Å²) in [4.78, 5) is 12.2. The zero-order chi connectivity index (χ0) is 19.7. The summed E-state index contributed by atoms with van der Waals surface area (Å²) in [5.41, 5.74) is 4.13. The van der Waals surface area contributed by atoms with Crippen LogP contribution in [0.3, 0.4) is 0 Å². The van der Waals surface area contributed by atoms with Crippen LogP contribution in [0, 0.1) is 0 Å². The molecule has 0 aliphatic carbocycles. The van der Waals surface area contributed by atoms with Gasteiger partial charge in [0.1, 0.15) is 5.75 Å². The van der Waals surface area contributed by atoms with Gasteiger partial charge in [-0.15, -0.1) is 0 Å². The summed E-state index contributed by atoms with van der Waals surface area (Å²) in [5, 5.41) is 10.9. The zero-order valence-electron chi connectivity index (χ0n) is 16.9. The molecule has 0 saturated carbocycles. The van der Waals surface area contributed by atoms with E-state index in [-0.39, 0.29) is 15.9 Å². The van der Waals surface area contributed by atoms with Gasteiger partial charge in [-0.2, -0.15) is 0 Å². The van der Waals surface area contributed by atoms with E-state index in [4.69, 9.17) is 0 Å². The van der Waals surface area contributed by atoms with Crippen LogP contribution in [0.1, 0.15) is 70.7 Å². The maximum atomic E-state index is 11.2. The fraction of sp³-hybridized carbons (Fsp3) is 0.435. The Morgan fingerprint density at radius 2 is 1.35 bits per heavy atom. The van der Waals surface area contributed by atoms with E-state index in [1.807, 2.05) is 12.1 Å². The molecule has 2 rings (SSSR count). The Morgan fingerprint density at radius 1 is 0.885 bits per heavy atom. The van der Waals surface area contributed by atoms with E-state index in [1.54, 1.807) is 6.92 Å². The van der Waals surface area contributed by atoms with Crippen LogP contribution < -0.4 is 0 Å². The lowest BCUT2D eigenvalue weighted by molar-refractivity contribution is -0.109. The summed E-state index contributed by atoms with van der Waals surface area (Å²) < 4.78 is 0. The van der Waals surface area contributed by atoms with Gasteiger partial charge in [0.05, 0.1) is 0 Å². The van der Waals surface area contributed by atoms with Gasteiger partial charge in [-0.05, 0) is 51.6 Å². The SMILES string of the molecule is CC(=O)Sc1ccc(Cc2cc(C(C)(C)C)c(O)c(C(C)(C)C)c2)cc1. The maximum absolute atomic E-state index is 11.2. The van der Waals surface area contributed by atoms with Gasteiger partial charge in [0.2, 0.25) is 0 Å². The Labute approximate surface area is 162 Å². The first-order valence-corrected chi connectivity index (χ1v) is 9.84. The van der Waals surface area contributed by atoms with E-state index in [1.165, 1.54) is 22.9 Å². The summed E-state index contributed by atoms with van der Waals surface area (Å²) in [6, 6.07) is 12.4. The molecule has 0 fully saturated rings. The number of hydrogen-bond acceptors (Lipinski definition) is 3. The van der Waals surface area contributed by atoms with E-state index in [9.17, 15) is 9.90 Å². The number of carbonyl (C=O) groups is 1. The molecule has 3 heteroatoms. The molecule has 0 aromatic heterocycles. The molecule has 0 atom stereocenters. The molecule has 0 aliphatic rings. The van der Waals surface area contributed by atoms with Gasteiger partial charge in [-0.3, -0.25) is 4.79 Å². The number of phenolic OH excluding ortho intramolecular Hbond substituents is 1. The van der Waals surface area contributed by atoms with Crippen molar-refractivity contribution in [2.24, 2.45) is 0 Å². The van der Waals surface area contributed by atoms with Gasteiger partial charge in [0, 0.05) is 11.8 Å². The lowest BCUT2D eigenvalue weighted by Gasteiger charge is -2.28. The molecular weight excluding hydrogens is 340 g/mol. The molecule has 0 spiro atoms. The van der Waals surface area contributed by atoms with Crippen molar-refractivity contribution in [3.05, 3.63) is 58.7 Å². The minimum atomic E-state index is -0.123. The van der Waals surface area contributed by atoms with Crippen molar-refractivity contribution in [3.63, 3.8) is 0 Å². The number of benzene rings is 2. The summed E-state index contributed by atoms with van der Waals surface area (Å²) in [6.07, 6.45) is 0.803. The second-order valence-corrected chi connectivity index (χ2v) is 10.2. The summed E-state index contributed by atoms with van der Waals surface area (Å²) in [5.74, 6) is 0.418. The molecule has 0 saturated heterocycles. The van der Waals surface area contributed by atoms with E-state index in [0.717, 1.165) is 22.4 Å². The number of rotatable bonds is 3. The number of carbonyl (C=O) groups excluding carboxylic acids is 1. The van der Waals surface area contributed by atoms with Gasteiger partial charge in [0.25, 0.3) is 0 Å². The fourth-order valence-corrected chi connectivity index (χ4v) is 3.62. The smallest absolute Gasteiger partial charge is 0.190 e. The predicted molar refractivity (Wildman–Crippen MR) is 111 cm³/mol. The highest BCUT2D eigenvalue weighted by Crippen LogP contribution is 2.40. The minimum Gasteiger partial charge on any atom is -0.507 e. The topological polar surface area (TPSA) is 37.3 Å². The minimum absolute atomic E-state index is 0.0981. The normalized spacial score (nSPS) is 12.3. The van der Waals surface area contributed by atoms with Crippen LogP contribution in [-0.2, 0) is 22.0 Å². The highest BCUT2D eigenvalue weighted by atomic mass is 32.2. The first-order valence-electron chi connectivity index (χ1n) is 9.02. The van der Waals surface area contributed by atoms with Gasteiger partial charge < -0.3 is 5.11 Å². The quantitative estimate of drug-likeness (QED) is 0.652. The predicted octanol–water partition coefficient (Wildman–Crippen LogP) is 6.22. The summed E-state index contributed by atoms with van der Waals surface area (Å²) in [7, 11) is 0. The lowest BCUT2D eigenvalue weighted by atomic mass is 9.78. The number of hydrogen-bond donors (Lipinski definition) is 1. The third-order valence-corrected chi connectivity index (χ3v) is 5.17. The molecule has 0 aliphatic heterocycles. The number of aromatic hydroxyl groups is 1. The molecule has 2 aromatic rings. The van der Waals surface area contributed by atoms with E-state index in [0.29, 0.717) is 5.75 Å². The summed E-state index contributed by atoms with van der Waals surface area (Å²) in [6.45, 7) is 14.4. The van der Waals surface area contributed by atoms with Crippen LogP contribution in [0.2, 0.25) is 0 Å². The molecule has 2 nitrogen and oxygen atoms in total. The molecule has 0 radical (unpaired) electrons.